The Morgan fingerprint density at radius 2 is 2.11 bits per heavy atom. The number of hydrogen-bond acceptors (Lipinski definition) is 2. The quantitative estimate of drug-likeness (QED) is 0.863. The molecule has 1 aromatic rings. The molecule has 0 bridgehead atoms. The van der Waals surface area contributed by atoms with Crippen LogP contribution in [0.1, 0.15) is 45.3 Å². The lowest BCUT2D eigenvalue weighted by Crippen LogP contribution is -2.37. The van der Waals surface area contributed by atoms with E-state index in [9.17, 15) is 4.39 Å². The molecule has 1 aromatic carbocycles. The zero-order chi connectivity index (χ0) is 13.2. The standard InChI is InChI=1S/C15H22FNO/c1-15(2,3)17-10-14(16)11-5-4-6-13(9-11)18-12-7-8-12/h4-6,9,12,14,17H,7-8,10H2,1-3H3. The summed E-state index contributed by atoms with van der Waals surface area (Å²) in [6.45, 7) is 6.43. The van der Waals surface area contributed by atoms with Gasteiger partial charge in [-0.15, -0.1) is 0 Å². The van der Waals surface area contributed by atoms with Crippen molar-refractivity contribution in [3.63, 3.8) is 0 Å². The third kappa shape index (κ3) is 4.30. The number of nitrogens with one attached hydrogen (secondary N) is 1. The zero-order valence-electron chi connectivity index (χ0n) is 11.4. The van der Waals surface area contributed by atoms with Crippen molar-refractivity contribution in [1.82, 2.24) is 5.32 Å². The van der Waals surface area contributed by atoms with Crippen molar-refractivity contribution in [2.24, 2.45) is 0 Å². The molecule has 100 valence electrons. The first-order chi connectivity index (χ1) is 8.44. The molecule has 1 aliphatic carbocycles. The maximum atomic E-state index is 14.1. The van der Waals surface area contributed by atoms with E-state index in [2.05, 4.69) is 5.32 Å². The van der Waals surface area contributed by atoms with Crippen LogP contribution in [0.3, 0.4) is 0 Å². The molecule has 1 saturated carbocycles. The Labute approximate surface area is 109 Å². The molecule has 2 nitrogen and oxygen atoms in total. The van der Waals surface area contributed by atoms with Crippen molar-refractivity contribution < 1.29 is 9.13 Å². The molecular weight excluding hydrogens is 229 g/mol. The summed E-state index contributed by atoms with van der Waals surface area (Å²) in [6.07, 6.45) is 1.60. The molecule has 0 saturated heterocycles. The Hall–Kier alpha value is -1.09. The van der Waals surface area contributed by atoms with Crippen LogP contribution in [-0.4, -0.2) is 18.2 Å². The molecule has 1 fully saturated rings. The fourth-order valence-electron chi connectivity index (χ4n) is 1.67. The average Bonchev–Trinajstić information content (AvgIpc) is 3.09. The van der Waals surface area contributed by atoms with Gasteiger partial charge in [-0.3, -0.25) is 0 Å². The first-order valence-corrected chi connectivity index (χ1v) is 6.60. The Kier molecular flexibility index (Phi) is 3.91. The van der Waals surface area contributed by atoms with Gasteiger partial charge < -0.3 is 10.1 Å². The summed E-state index contributed by atoms with van der Waals surface area (Å²) in [5.41, 5.74) is 0.622. The number of halogens is 1. The van der Waals surface area contributed by atoms with Crippen LogP contribution in [0.5, 0.6) is 5.75 Å². The van der Waals surface area contributed by atoms with E-state index in [1.165, 1.54) is 0 Å². The molecule has 0 heterocycles. The maximum absolute atomic E-state index is 14.1. The molecule has 0 amide bonds. The number of rotatable bonds is 5. The minimum absolute atomic E-state index is 0.0630. The second-order valence-electron chi connectivity index (χ2n) is 5.99. The van der Waals surface area contributed by atoms with Crippen molar-refractivity contribution in [1.29, 1.82) is 0 Å². The second-order valence-corrected chi connectivity index (χ2v) is 5.99. The van der Waals surface area contributed by atoms with Gasteiger partial charge in [-0.2, -0.15) is 0 Å². The van der Waals surface area contributed by atoms with Crippen molar-refractivity contribution in [3.8, 4) is 5.75 Å². The summed E-state index contributed by atoms with van der Waals surface area (Å²) in [5, 5.41) is 3.18. The summed E-state index contributed by atoms with van der Waals surface area (Å²) in [4.78, 5) is 0. The zero-order valence-corrected chi connectivity index (χ0v) is 11.4. The van der Waals surface area contributed by atoms with E-state index >= 15 is 0 Å². The number of hydrogen-bond donors (Lipinski definition) is 1. The third-order valence-electron chi connectivity index (χ3n) is 2.86. The first kappa shape index (κ1) is 13.3. The van der Waals surface area contributed by atoms with Gasteiger partial charge in [0.2, 0.25) is 0 Å². The van der Waals surface area contributed by atoms with Crippen LogP contribution in [-0.2, 0) is 0 Å². The third-order valence-corrected chi connectivity index (χ3v) is 2.86. The summed E-state index contributed by atoms with van der Waals surface area (Å²) < 4.78 is 19.8. The van der Waals surface area contributed by atoms with Gasteiger partial charge >= 0.3 is 0 Å². The van der Waals surface area contributed by atoms with E-state index < -0.39 is 6.17 Å². The lowest BCUT2D eigenvalue weighted by Gasteiger charge is -2.22. The van der Waals surface area contributed by atoms with Gasteiger partial charge in [0.1, 0.15) is 11.9 Å². The van der Waals surface area contributed by atoms with Gasteiger partial charge in [0.15, 0.2) is 0 Å². The highest BCUT2D eigenvalue weighted by atomic mass is 19.1. The van der Waals surface area contributed by atoms with E-state index in [1.54, 1.807) is 0 Å². The predicted octanol–water partition coefficient (Wildman–Crippen LogP) is 3.63. The second kappa shape index (κ2) is 5.27. The highest BCUT2D eigenvalue weighted by Crippen LogP contribution is 2.29. The lowest BCUT2D eigenvalue weighted by atomic mass is 10.1. The Morgan fingerprint density at radius 1 is 1.39 bits per heavy atom. The summed E-state index contributed by atoms with van der Waals surface area (Å²) in [5.74, 6) is 0.786. The fourth-order valence-corrected chi connectivity index (χ4v) is 1.67. The summed E-state index contributed by atoms with van der Waals surface area (Å²) in [6, 6.07) is 7.38. The minimum Gasteiger partial charge on any atom is -0.490 e. The molecule has 1 unspecified atom stereocenters. The summed E-state index contributed by atoms with van der Waals surface area (Å²) >= 11 is 0. The smallest absolute Gasteiger partial charge is 0.138 e. The van der Waals surface area contributed by atoms with E-state index in [4.69, 9.17) is 4.74 Å². The minimum atomic E-state index is -0.994. The topological polar surface area (TPSA) is 21.3 Å². The van der Waals surface area contributed by atoms with Gasteiger partial charge in [0.05, 0.1) is 6.10 Å². The van der Waals surface area contributed by atoms with Crippen LogP contribution in [0.4, 0.5) is 4.39 Å². The van der Waals surface area contributed by atoms with Crippen molar-refractivity contribution >= 4 is 0 Å². The number of ether oxygens (including phenoxy) is 1. The van der Waals surface area contributed by atoms with Gasteiger partial charge in [-0.05, 0) is 51.3 Å². The Balaban J connectivity index is 1.93. The molecule has 1 N–H and O–H groups in total. The van der Waals surface area contributed by atoms with Crippen LogP contribution in [0, 0.1) is 0 Å². The largest absolute Gasteiger partial charge is 0.490 e. The van der Waals surface area contributed by atoms with Crippen LogP contribution in [0.15, 0.2) is 24.3 Å². The predicted molar refractivity (Wildman–Crippen MR) is 71.7 cm³/mol. The molecule has 1 aliphatic rings. The highest BCUT2D eigenvalue weighted by molar-refractivity contribution is 5.30. The normalized spacial score (nSPS) is 17.6. The van der Waals surface area contributed by atoms with Gasteiger partial charge in [-0.1, -0.05) is 12.1 Å². The average molecular weight is 251 g/mol. The lowest BCUT2D eigenvalue weighted by molar-refractivity contribution is 0.285. The molecule has 18 heavy (non-hydrogen) atoms. The Morgan fingerprint density at radius 3 is 2.72 bits per heavy atom. The number of benzene rings is 1. The van der Waals surface area contributed by atoms with E-state index in [-0.39, 0.29) is 5.54 Å². The Bertz CT molecular complexity index is 396. The van der Waals surface area contributed by atoms with Crippen molar-refractivity contribution in [2.45, 2.75) is 51.4 Å². The molecule has 2 rings (SSSR count). The molecule has 0 aliphatic heterocycles. The monoisotopic (exact) mass is 251 g/mol. The molecular formula is C15H22FNO. The van der Waals surface area contributed by atoms with Gasteiger partial charge in [-0.25, -0.2) is 4.39 Å². The molecule has 3 heteroatoms. The maximum Gasteiger partial charge on any atom is 0.138 e. The van der Waals surface area contributed by atoms with Gasteiger partial charge in [0, 0.05) is 12.1 Å². The molecule has 0 radical (unpaired) electrons. The molecule has 0 spiro atoms. The van der Waals surface area contributed by atoms with E-state index in [0.717, 1.165) is 18.6 Å². The van der Waals surface area contributed by atoms with Crippen LogP contribution < -0.4 is 10.1 Å². The van der Waals surface area contributed by atoms with Gasteiger partial charge in [0.25, 0.3) is 0 Å². The fraction of sp³-hybridized carbons (Fsp3) is 0.600. The number of alkyl halides is 1. The SMILES string of the molecule is CC(C)(C)NCC(F)c1cccc(OC2CC2)c1. The highest BCUT2D eigenvalue weighted by Gasteiger charge is 2.24. The van der Waals surface area contributed by atoms with Crippen molar-refractivity contribution in [3.05, 3.63) is 29.8 Å². The van der Waals surface area contributed by atoms with Crippen LogP contribution in [0.2, 0.25) is 0 Å². The molecule has 1 atom stereocenters. The van der Waals surface area contributed by atoms with Crippen LogP contribution >= 0.6 is 0 Å². The van der Waals surface area contributed by atoms with Crippen molar-refractivity contribution in [2.75, 3.05) is 6.54 Å². The molecule has 0 aromatic heterocycles. The van der Waals surface area contributed by atoms with E-state index in [1.807, 2.05) is 45.0 Å². The summed E-state index contributed by atoms with van der Waals surface area (Å²) in [7, 11) is 0. The first-order valence-electron chi connectivity index (χ1n) is 6.60. The van der Waals surface area contributed by atoms with E-state index in [0.29, 0.717) is 18.2 Å². The van der Waals surface area contributed by atoms with Crippen LogP contribution in [0.25, 0.3) is 0 Å².